The van der Waals surface area contributed by atoms with E-state index in [1.807, 2.05) is 26.0 Å². The van der Waals surface area contributed by atoms with Crippen molar-refractivity contribution in [2.24, 2.45) is 0 Å². The quantitative estimate of drug-likeness (QED) is 0.782. The van der Waals surface area contributed by atoms with Crippen LogP contribution in [0.15, 0.2) is 47.5 Å². The summed E-state index contributed by atoms with van der Waals surface area (Å²) >= 11 is 6.13. The summed E-state index contributed by atoms with van der Waals surface area (Å²) in [6.07, 6.45) is 0. The van der Waals surface area contributed by atoms with E-state index < -0.39 is 17.6 Å². The zero-order valence-corrected chi connectivity index (χ0v) is 13.3. The van der Waals surface area contributed by atoms with Gasteiger partial charge in [0.1, 0.15) is 10.8 Å². The maximum Gasteiger partial charge on any atom is 0.277 e. The highest BCUT2D eigenvalue weighted by Gasteiger charge is 2.39. The molecule has 116 valence electrons. The molecule has 0 saturated carbocycles. The molecule has 0 N–H and O–H groups in total. The van der Waals surface area contributed by atoms with E-state index in [9.17, 15) is 14.0 Å². The third-order valence-electron chi connectivity index (χ3n) is 3.74. The second-order valence-corrected chi connectivity index (χ2v) is 5.81. The van der Waals surface area contributed by atoms with Crippen LogP contribution in [0.4, 0.5) is 10.1 Å². The molecule has 2 aromatic carbocycles. The fourth-order valence-corrected chi connectivity index (χ4v) is 2.95. The zero-order valence-electron chi connectivity index (χ0n) is 12.6. The first-order valence-electron chi connectivity index (χ1n) is 7.02. The molecule has 0 radical (unpaired) electrons. The minimum absolute atomic E-state index is 0.147. The van der Waals surface area contributed by atoms with Crippen molar-refractivity contribution in [3.05, 3.63) is 70.0 Å². The summed E-state index contributed by atoms with van der Waals surface area (Å²) in [5.41, 5.74) is 2.82. The first-order chi connectivity index (χ1) is 10.9. The van der Waals surface area contributed by atoms with Crippen LogP contribution in [0.3, 0.4) is 0 Å². The van der Waals surface area contributed by atoms with Crippen LogP contribution in [0.5, 0.6) is 0 Å². The molecule has 1 heterocycles. The first kappa shape index (κ1) is 15.4. The Bertz CT molecular complexity index is 873. The monoisotopic (exact) mass is 329 g/mol. The summed E-state index contributed by atoms with van der Waals surface area (Å²) in [5.74, 6) is -1.71. The van der Waals surface area contributed by atoms with Gasteiger partial charge in [0.2, 0.25) is 0 Å². The highest BCUT2D eigenvalue weighted by atomic mass is 35.5. The number of hydrogen-bond acceptors (Lipinski definition) is 2. The van der Waals surface area contributed by atoms with Gasteiger partial charge in [0.05, 0.1) is 11.3 Å². The molecule has 2 aromatic rings. The number of aryl methyl sites for hydroxylation is 2. The zero-order chi connectivity index (χ0) is 16.7. The van der Waals surface area contributed by atoms with Crippen LogP contribution in [0.1, 0.15) is 16.7 Å². The Morgan fingerprint density at radius 1 is 1.00 bits per heavy atom. The van der Waals surface area contributed by atoms with E-state index in [-0.39, 0.29) is 16.3 Å². The molecule has 5 heteroatoms. The molecule has 0 unspecified atom stereocenters. The Kier molecular flexibility index (Phi) is 3.78. The molecule has 3 rings (SSSR count). The summed E-state index contributed by atoms with van der Waals surface area (Å²) in [5, 5.41) is -0.147. The highest BCUT2D eigenvalue weighted by molar-refractivity contribution is 6.60. The van der Waals surface area contributed by atoms with E-state index in [0.717, 1.165) is 22.1 Å². The van der Waals surface area contributed by atoms with E-state index in [1.54, 1.807) is 6.07 Å². The normalized spacial score (nSPS) is 14.9. The Morgan fingerprint density at radius 2 is 1.74 bits per heavy atom. The molecular formula is C18H13ClFNO2. The standard InChI is InChI=1S/C18H13ClFNO2/c1-10-6-7-14(11(2)8-10)15-16(19)18(23)21(17(15)22)13-5-3-4-12(20)9-13/h3-9H,1-2H3. The number of amides is 2. The lowest BCUT2D eigenvalue weighted by molar-refractivity contribution is -0.119. The van der Waals surface area contributed by atoms with E-state index in [0.29, 0.717) is 5.56 Å². The molecule has 0 saturated heterocycles. The van der Waals surface area contributed by atoms with Gasteiger partial charge in [0, 0.05) is 0 Å². The Hall–Kier alpha value is -2.46. The maximum atomic E-state index is 13.4. The van der Waals surface area contributed by atoms with Gasteiger partial charge in [0.15, 0.2) is 0 Å². The van der Waals surface area contributed by atoms with Gasteiger partial charge in [0.25, 0.3) is 11.8 Å². The molecule has 1 aliphatic heterocycles. The fourth-order valence-electron chi connectivity index (χ4n) is 2.68. The van der Waals surface area contributed by atoms with Crippen molar-refractivity contribution in [1.82, 2.24) is 0 Å². The lowest BCUT2D eigenvalue weighted by atomic mass is 9.99. The van der Waals surface area contributed by atoms with Gasteiger partial charge in [-0.1, -0.05) is 41.4 Å². The smallest absolute Gasteiger partial charge is 0.268 e. The van der Waals surface area contributed by atoms with Crippen LogP contribution in [0.25, 0.3) is 5.57 Å². The van der Waals surface area contributed by atoms with Crippen LogP contribution >= 0.6 is 11.6 Å². The molecule has 0 atom stereocenters. The van der Waals surface area contributed by atoms with Crippen LogP contribution in [0.2, 0.25) is 0 Å². The summed E-state index contributed by atoms with van der Waals surface area (Å²) < 4.78 is 13.4. The number of rotatable bonds is 2. The first-order valence-corrected chi connectivity index (χ1v) is 7.39. The van der Waals surface area contributed by atoms with Crippen LogP contribution in [-0.4, -0.2) is 11.8 Å². The third kappa shape index (κ3) is 2.55. The van der Waals surface area contributed by atoms with Gasteiger partial charge in [-0.2, -0.15) is 0 Å². The van der Waals surface area contributed by atoms with Gasteiger partial charge in [-0.3, -0.25) is 9.59 Å². The van der Waals surface area contributed by atoms with E-state index in [4.69, 9.17) is 11.6 Å². The number of halogens is 2. The summed E-state index contributed by atoms with van der Waals surface area (Å²) in [4.78, 5) is 26.0. The number of imide groups is 1. The summed E-state index contributed by atoms with van der Waals surface area (Å²) in [6, 6.07) is 10.8. The minimum Gasteiger partial charge on any atom is -0.268 e. The lowest BCUT2D eigenvalue weighted by Gasteiger charge is -2.15. The van der Waals surface area contributed by atoms with Gasteiger partial charge >= 0.3 is 0 Å². The molecule has 3 nitrogen and oxygen atoms in total. The Labute approximate surface area is 138 Å². The van der Waals surface area contributed by atoms with Crippen LogP contribution < -0.4 is 4.90 Å². The van der Waals surface area contributed by atoms with Gasteiger partial charge in [-0.05, 0) is 43.2 Å². The summed E-state index contributed by atoms with van der Waals surface area (Å²) in [6.45, 7) is 3.79. The molecule has 1 aliphatic rings. The Morgan fingerprint density at radius 3 is 2.39 bits per heavy atom. The molecule has 0 aromatic heterocycles. The maximum absolute atomic E-state index is 13.4. The van der Waals surface area contributed by atoms with Crippen molar-refractivity contribution in [1.29, 1.82) is 0 Å². The van der Waals surface area contributed by atoms with Crippen molar-refractivity contribution < 1.29 is 14.0 Å². The minimum atomic E-state index is -0.641. The van der Waals surface area contributed by atoms with Crippen LogP contribution in [0, 0.1) is 19.7 Å². The van der Waals surface area contributed by atoms with E-state index in [2.05, 4.69) is 0 Å². The SMILES string of the molecule is Cc1ccc(C2=C(Cl)C(=O)N(c3cccc(F)c3)C2=O)c(C)c1. The fraction of sp³-hybridized carbons (Fsp3) is 0.111. The average Bonchev–Trinajstić information content (AvgIpc) is 2.70. The van der Waals surface area contributed by atoms with Crippen molar-refractivity contribution >= 4 is 34.7 Å². The second-order valence-electron chi connectivity index (χ2n) is 5.43. The molecule has 23 heavy (non-hydrogen) atoms. The van der Waals surface area contributed by atoms with Crippen molar-refractivity contribution in [3.8, 4) is 0 Å². The largest absolute Gasteiger partial charge is 0.277 e. The highest BCUT2D eigenvalue weighted by Crippen LogP contribution is 2.36. The number of anilines is 1. The number of carbonyl (C=O) groups excluding carboxylic acids is 2. The summed E-state index contributed by atoms with van der Waals surface area (Å²) in [7, 11) is 0. The predicted molar refractivity (Wildman–Crippen MR) is 87.6 cm³/mol. The number of carbonyl (C=O) groups is 2. The van der Waals surface area contributed by atoms with Crippen molar-refractivity contribution in [2.75, 3.05) is 4.90 Å². The van der Waals surface area contributed by atoms with Crippen LogP contribution in [-0.2, 0) is 9.59 Å². The molecule has 2 amide bonds. The average molecular weight is 330 g/mol. The number of hydrogen-bond donors (Lipinski definition) is 0. The van der Waals surface area contributed by atoms with Gasteiger partial charge in [-0.25, -0.2) is 9.29 Å². The van der Waals surface area contributed by atoms with Gasteiger partial charge < -0.3 is 0 Å². The van der Waals surface area contributed by atoms with Crippen molar-refractivity contribution in [3.63, 3.8) is 0 Å². The number of nitrogens with zero attached hydrogens (tertiary/aromatic N) is 1. The molecular weight excluding hydrogens is 317 g/mol. The molecule has 0 bridgehead atoms. The second kappa shape index (κ2) is 5.63. The topological polar surface area (TPSA) is 37.4 Å². The van der Waals surface area contributed by atoms with Gasteiger partial charge in [-0.15, -0.1) is 0 Å². The van der Waals surface area contributed by atoms with E-state index >= 15 is 0 Å². The third-order valence-corrected chi connectivity index (χ3v) is 4.10. The van der Waals surface area contributed by atoms with Crippen molar-refractivity contribution in [2.45, 2.75) is 13.8 Å². The number of benzene rings is 2. The predicted octanol–water partition coefficient (Wildman–Crippen LogP) is 3.97. The molecule has 0 spiro atoms. The van der Waals surface area contributed by atoms with E-state index in [1.165, 1.54) is 18.2 Å². The Balaban J connectivity index is 2.10. The lowest BCUT2D eigenvalue weighted by Crippen LogP contribution is -2.31. The molecule has 0 fully saturated rings. The molecule has 0 aliphatic carbocycles.